The summed E-state index contributed by atoms with van der Waals surface area (Å²) in [4.78, 5) is 11.5. The molecule has 0 atom stereocenters. The SMILES string of the molecule is Nc1ccccc1-n1ccc(C(=O)NCC(F)(F)F)n1. The van der Waals surface area contributed by atoms with Crippen LogP contribution in [0.5, 0.6) is 0 Å². The number of carbonyl (C=O) groups excluding carboxylic acids is 1. The predicted molar refractivity (Wildman–Crippen MR) is 66.4 cm³/mol. The van der Waals surface area contributed by atoms with Gasteiger partial charge in [-0.2, -0.15) is 18.3 Å². The van der Waals surface area contributed by atoms with Gasteiger partial charge < -0.3 is 11.1 Å². The van der Waals surface area contributed by atoms with Crippen molar-refractivity contribution in [3.8, 4) is 5.69 Å². The van der Waals surface area contributed by atoms with E-state index in [1.54, 1.807) is 29.6 Å². The molecule has 0 aliphatic carbocycles. The van der Waals surface area contributed by atoms with Gasteiger partial charge >= 0.3 is 6.18 Å². The molecule has 0 radical (unpaired) electrons. The molecule has 0 unspecified atom stereocenters. The summed E-state index contributed by atoms with van der Waals surface area (Å²) >= 11 is 0. The van der Waals surface area contributed by atoms with E-state index in [1.165, 1.54) is 16.9 Å². The number of nitrogen functional groups attached to an aromatic ring is 1. The third-order valence-corrected chi connectivity index (χ3v) is 2.45. The number of hydrogen-bond donors (Lipinski definition) is 2. The van der Waals surface area contributed by atoms with Gasteiger partial charge in [0, 0.05) is 6.20 Å². The normalized spacial score (nSPS) is 11.3. The summed E-state index contributed by atoms with van der Waals surface area (Å²) < 4.78 is 37.3. The number of aromatic nitrogens is 2. The highest BCUT2D eigenvalue weighted by molar-refractivity contribution is 5.92. The second-order valence-electron chi connectivity index (χ2n) is 4.00. The number of alkyl halides is 3. The molecule has 0 spiro atoms. The summed E-state index contributed by atoms with van der Waals surface area (Å²) in [5.74, 6) is -0.893. The van der Waals surface area contributed by atoms with Gasteiger partial charge in [0.2, 0.25) is 0 Å². The first-order valence-corrected chi connectivity index (χ1v) is 5.62. The number of rotatable bonds is 3. The number of halogens is 3. The quantitative estimate of drug-likeness (QED) is 0.843. The Morgan fingerprint density at radius 2 is 2.00 bits per heavy atom. The molecule has 0 bridgehead atoms. The molecular formula is C12H11F3N4O. The summed E-state index contributed by atoms with van der Waals surface area (Å²) in [7, 11) is 0. The standard InChI is InChI=1S/C12H11F3N4O/c13-12(14,15)7-17-11(20)9-5-6-19(18-9)10-4-2-1-3-8(10)16/h1-6H,7,16H2,(H,17,20). The zero-order chi connectivity index (χ0) is 14.8. The molecular weight excluding hydrogens is 273 g/mol. The van der Waals surface area contributed by atoms with E-state index in [9.17, 15) is 18.0 Å². The predicted octanol–water partition coefficient (Wildman–Crippen LogP) is 1.75. The number of benzene rings is 1. The molecule has 2 aromatic rings. The Morgan fingerprint density at radius 1 is 1.30 bits per heavy atom. The van der Waals surface area contributed by atoms with Crippen molar-refractivity contribution in [2.45, 2.75) is 6.18 Å². The molecule has 0 aliphatic rings. The van der Waals surface area contributed by atoms with Gasteiger partial charge in [0.1, 0.15) is 6.54 Å². The van der Waals surface area contributed by atoms with Crippen molar-refractivity contribution in [1.82, 2.24) is 15.1 Å². The average Bonchev–Trinajstić information content (AvgIpc) is 2.85. The van der Waals surface area contributed by atoms with Crippen LogP contribution in [0, 0.1) is 0 Å². The Morgan fingerprint density at radius 3 is 2.65 bits per heavy atom. The maximum absolute atomic E-state index is 12.0. The molecule has 1 amide bonds. The second-order valence-corrected chi connectivity index (χ2v) is 4.00. The molecule has 0 saturated carbocycles. The van der Waals surface area contributed by atoms with E-state index in [0.29, 0.717) is 11.4 Å². The number of amides is 1. The molecule has 0 aliphatic heterocycles. The molecule has 0 fully saturated rings. The van der Waals surface area contributed by atoms with Crippen LogP contribution in [-0.2, 0) is 0 Å². The summed E-state index contributed by atoms with van der Waals surface area (Å²) in [6.07, 6.45) is -3.00. The first-order chi connectivity index (χ1) is 9.37. The van der Waals surface area contributed by atoms with Crippen molar-refractivity contribution in [2.75, 3.05) is 12.3 Å². The lowest BCUT2D eigenvalue weighted by Crippen LogP contribution is -2.34. The molecule has 3 N–H and O–H groups in total. The maximum atomic E-state index is 12.0. The van der Waals surface area contributed by atoms with Gasteiger partial charge in [-0.3, -0.25) is 4.79 Å². The summed E-state index contributed by atoms with van der Waals surface area (Å²) in [6, 6.07) is 8.12. The van der Waals surface area contributed by atoms with E-state index in [0.717, 1.165) is 0 Å². The monoisotopic (exact) mass is 284 g/mol. The molecule has 1 aromatic carbocycles. The fraction of sp³-hybridized carbons (Fsp3) is 0.167. The van der Waals surface area contributed by atoms with Gasteiger partial charge in [-0.05, 0) is 18.2 Å². The lowest BCUT2D eigenvalue weighted by molar-refractivity contribution is -0.123. The minimum absolute atomic E-state index is 0.113. The summed E-state index contributed by atoms with van der Waals surface area (Å²) in [5, 5.41) is 5.65. The first-order valence-electron chi connectivity index (χ1n) is 5.62. The molecule has 1 heterocycles. The van der Waals surface area contributed by atoms with Gasteiger partial charge in [-0.1, -0.05) is 12.1 Å². The van der Waals surface area contributed by atoms with Crippen molar-refractivity contribution in [2.24, 2.45) is 0 Å². The number of nitrogens with one attached hydrogen (secondary N) is 1. The molecule has 1 aromatic heterocycles. The highest BCUT2D eigenvalue weighted by atomic mass is 19.4. The van der Waals surface area contributed by atoms with E-state index >= 15 is 0 Å². The van der Waals surface area contributed by atoms with Crippen LogP contribution >= 0.6 is 0 Å². The lowest BCUT2D eigenvalue weighted by atomic mass is 10.3. The van der Waals surface area contributed by atoms with Crippen molar-refractivity contribution < 1.29 is 18.0 Å². The summed E-state index contributed by atoms with van der Waals surface area (Å²) in [6.45, 7) is -1.40. The Labute approximate surface area is 112 Å². The largest absolute Gasteiger partial charge is 0.405 e. The fourth-order valence-electron chi connectivity index (χ4n) is 1.55. The van der Waals surface area contributed by atoms with Crippen molar-refractivity contribution >= 4 is 11.6 Å². The Balaban J connectivity index is 2.13. The van der Waals surface area contributed by atoms with E-state index in [-0.39, 0.29) is 5.69 Å². The topological polar surface area (TPSA) is 72.9 Å². The lowest BCUT2D eigenvalue weighted by Gasteiger charge is -2.07. The maximum Gasteiger partial charge on any atom is 0.405 e. The highest BCUT2D eigenvalue weighted by Gasteiger charge is 2.28. The number of hydrogen-bond acceptors (Lipinski definition) is 3. The van der Waals surface area contributed by atoms with Gasteiger partial charge in [0.15, 0.2) is 5.69 Å². The third-order valence-electron chi connectivity index (χ3n) is 2.45. The van der Waals surface area contributed by atoms with Crippen LogP contribution in [0.15, 0.2) is 36.5 Å². The second kappa shape index (κ2) is 5.24. The zero-order valence-electron chi connectivity index (χ0n) is 10.2. The summed E-state index contributed by atoms with van der Waals surface area (Å²) in [5.41, 5.74) is 6.62. The highest BCUT2D eigenvalue weighted by Crippen LogP contribution is 2.16. The minimum atomic E-state index is -4.46. The van der Waals surface area contributed by atoms with Crippen LogP contribution in [0.4, 0.5) is 18.9 Å². The van der Waals surface area contributed by atoms with Crippen molar-refractivity contribution in [3.05, 3.63) is 42.2 Å². The van der Waals surface area contributed by atoms with Gasteiger partial charge in [-0.15, -0.1) is 0 Å². The van der Waals surface area contributed by atoms with Crippen LogP contribution in [0.1, 0.15) is 10.5 Å². The Kier molecular flexibility index (Phi) is 3.64. The zero-order valence-corrected chi connectivity index (χ0v) is 10.2. The average molecular weight is 284 g/mol. The van der Waals surface area contributed by atoms with Crippen LogP contribution in [-0.4, -0.2) is 28.4 Å². The van der Waals surface area contributed by atoms with E-state index < -0.39 is 18.6 Å². The number of carbonyl (C=O) groups is 1. The molecule has 2 rings (SSSR count). The number of nitrogens with zero attached hydrogens (tertiary/aromatic N) is 2. The van der Waals surface area contributed by atoms with Crippen molar-refractivity contribution in [1.29, 1.82) is 0 Å². The molecule has 0 saturated heterocycles. The van der Waals surface area contributed by atoms with E-state index in [1.807, 2.05) is 0 Å². The van der Waals surface area contributed by atoms with Gasteiger partial charge in [0.05, 0.1) is 11.4 Å². The van der Waals surface area contributed by atoms with Crippen molar-refractivity contribution in [3.63, 3.8) is 0 Å². The van der Waals surface area contributed by atoms with E-state index in [2.05, 4.69) is 5.10 Å². The Bertz CT molecular complexity index is 621. The number of anilines is 1. The van der Waals surface area contributed by atoms with Crippen LogP contribution in [0.2, 0.25) is 0 Å². The molecule has 20 heavy (non-hydrogen) atoms. The van der Waals surface area contributed by atoms with Crippen LogP contribution in [0.3, 0.4) is 0 Å². The fourth-order valence-corrected chi connectivity index (χ4v) is 1.55. The molecule has 106 valence electrons. The Hall–Kier alpha value is -2.51. The number of para-hydroxylation sites is 2. The minimum Gasteiger partial charge on any atom is -0.397 e. The number of nitrogens with two attached hydrogens (primary N) is 1. The molecule has 8 heteroatoms. The van der Waals surface area contributed by atoms with E-state index in [4.69, 9.17) is 5.73 Å². The third kappa shape index (κ3) is 3.28. The smallest absolute Gasteiger partial charge is 0.397 e. The molecule has 5 nitrogen and oxygen atoms in total. The van der Waals surface area contributed by atoms with Crippen LogP contribution in [0.25, 0.3) is 5.69 Å². The van der Waals surface area contributed by atoms with Gasteiger partial charge in [0.25, 0.3) is 5.91 Å². The van der Waals surface area contributed by atoms with Crippen LogP contribution < -0.4 is 11.1 Å². The first kappa shape index (κ1) is 13.9. The van der Waals surface area contributed by atoms with Gasteiger partial charge in [-0.25, -0.2) is 4.68 Å².